The number of H-pyrrole nitrogens is 1. The fraction of sp³-hybridized carbons (Fsp3) is 0. The summed E-state index contributed by atoms with van der Waals surface area (Å²) in [4.78, 5) is 10.6. The number of carboxylic acids is 1. The largest absolute Gasteiger partial charge is 0.477 e. The molecule has 0 saturated carbocycles. The van der Waals surface area contributed by atoms with E-state index >= 15 is 0 Å². The summed E-state index contributed by atoms with van der Waals surface area (Å²) in [5.74, 6) is -1.69. The lowest BCUT2D eigenvalue weighted by Crippen LogP contribution is -1.95. The fourth-order valence-corrected chi connectivity index (χ4v) is 1.35. The number of carbonyl (C=O) groups is 1. The van der Waals surface area contributed by atoms with E-state index in [1.165, 1.54) is 18.2 Å². The summed E-state index contributed by atoms with van der Waals surface area (Å²) < 4.78 is 13.1. The van der Waals surface area contributed by atoms with Gasteiger partial charge < -0.3 is 5.11 Å². The minimum Gasteiger partial charge on any atom is -0.477 e. The van der Waals surface area contributed by atoms with Crippen molar-refractivity contribution in [2.45, 2.75) is 0 Å². The Morgan fingerprint density at radius 2 is 2.19 bits per heavy atom. The van der Waals surface area contributed by atoms with Crippen molar-refractivity contribution in [1.82, 2.24) is 10.2 Å². The maximum absolute atomic E-state index is 13.1. The molecule has 0 saturated heterocycles. The maximum atomic E-state index is 13.1. The van der Waals surface area contributed by atoms with Gasteiger partial charge in [0, 0.05) is 5.56 Å². The molecule has 0 unspecified atom stereocenters. The van der Waals surface area contributed by atoms with Gasteiger partial charge >= 0.3 is 5.97 Å². The average Bonchev–Trinajstić information content (AvgIpc) is 2.71. The number of hydrogen-bond donors (Lipinski definition) is 2. The minimum absolute atomic E-state index is 0.0118. The first-order valence-electron chi connectivity index (χ1n) is 4.32. The fourth-order valence-electron chi connectivity index (χ4n) is 1.23. The minimum atomic E-state index is -1.12. The molecule has 0 amide bonds. The van der Waals surface area contributed by atoms with E-state index in [0.29, 0.717) is 11.3 Å². The first kappa shape index (κ1) is 10.6. The van der Waals surface area contributed by atoms with Gasteiger partial charge in [0.1, 0.15) is 11.5 Å². The Kier molecular flexibility index (Phi) is 2.62. The van der Waals surface area contributed by atoms with Crippen LogP contribution in [-0.2, 0) is 0 Å². The highest BCUT2D eigenvalue weighted by atomic mass is 35.5. The Hall–Kier alpha value is -1.88. The number of hydrogen-bond acceptors (Lipinski definition) is 2. The highest BCUT2D eigenvalue weighted by molar-refractivity contribution is 6.30. The predicted molar refractivity (Wildman–Crippen MR) is 56.0 cm³/mol. The van der Waals surface area contributed by atoms with Crippen molar-refractivity contribution in [2.75, 3.05) is 0 Å². The van der Waals surface area contributed by atoms with Crippen molar-refractivity contribution in [3.63, 3.8) is 0 Å². The summed E-state index contributed by atoms with van der Waals surface area (Å²) in [6.07, 6.45) is 0. The van der Waals surface area contributed by atoms with E-state index in [4.69, 9.17) is 16.7 Å². The van der Waals surface area contributed by atoms with E-state index in [-0.39, 0.29) is 10.7 Å². The van der Waals surface area contributed by atoms with Crippen LogP contribution in [0.1, 0.15) is 10.5 Å². The van der Waals surface area contributed by atoms with E-state index < -0.39 is 11.8 Å². The number of aromatic nitrogens is 2. The van der Waals surface area contributed by atoms with Crippen LogP contribution in [-0.4, -0.2) is 21.3 Å². The zero-order chi connectivity index (χ0) is 11.7. The quantitative estimate of drug-likeness (QED) is 0.848. The van der Waals surface area contributed by atoms with E-state index in [2.05, 4.69) is 10.2 Å². The molecule has 2 N–H and O–H groups in total. The predicted octanol–water partition coefficient (Wildman–Crippen LogP) is 2.57. The molecule has 1 aromatic carbocycles. The Morgan fingerprint density at radius 1 is 1.44 bits per heavy atom. The normalized spacial score (nSPS) is 10.4. The van der Waals surface area contributed by atoms with Crippen LogP contribution < -0.4 is 0 Å². The first-order valence-corrected chi connectivity index (χ1v) is 4.70. The Bertz CT molecular complexity index is 554. The second-order valence-electron chi connectivity index (χ2n) is 3.10. The van der Waals surface area contributed by atoms with Gasteiger partial charge in [-0.2, -0.15) is 5.10 Å². The van der Waals surface area contributed by atoms with Crippen LogP contribution in [0, 0.1) is 5.82 Å². The Balaban J connectivity index is 2.42. The first-order chi connectivity index (χ1) is 7.58. The molecule has 0 bridgehead atoms. The molecule has 0 radical (unpaired) electrons. The van der Waals surface area contributed by atoms with Crippen molar-refractivity contribution >= 4 is 17.6 Å². The number of nitrogens with one attached hydrogen (secondary N) is 1. The number of nitrogens with zero attached hydrogens (tertiary/aromatic N) is 1. The van der Waals surface area contributed by atoms with Crippen molar-refractivity contribution in [1.29, 1.82) is 0 Å². The number of halogens is 2. The highest BCUT2D eigenvalue weighted by Gasteiger charge is 2.10. The van der Waals surface area contributed by atoms with Gasteiger partial charge in [0.2, 0.25) is 0 Å². The van der Waals surface area contributed by atoms with Gasteiger partial charge in [0.05, 0.1) is 10.7 Å². The Morgan fingerprint density at radius 3 is 2.75 bits per heavy atom. The molecule has 16 heavy (non-hydrogen) atoms. The van der Waals surface area contributed by atoms with Crippen LogP contribution in [0.5, 0.6) is 0 Å². The van der Waals surface area contributed by atoms with Gasteiger partial charge in [-0.05, 0) is 18.2 Å². The van der Waals surface area contributed by atoms with Gasteiger partial charge in [-0.15, -0.1) is 0 Å². The number of rotatable bonds is 2. The summed E-state index contributed by atoms with van der Waals surface area (Å²) >= 11 is 5.53. The van der Waals surface area contributed by atoms with E-state index in [9.17, 15) is 9.18 Å². The molecule has 2 aromatic rings. The van der Waals surface area contributed by atoms with Gasteiger partial charge in [0.15, 0.2) is 0 Å². The summed E-state index contributed by atoms with van der Waals surface area (Å²) in [6, 6.07) is 5.48. The molecule has 0 atom stereocenters. The zero-order valence-electron chi connectivity index (χ0n) is 7.87. The molecular weight excluding hydrogens is 235 g/mol. The molecule has 0 aliphatic carbocycles. The number of carboxylic acid groups (broad SMARTS) is 1. The van der Waals surface area contributed by atoms with Crippen molar-refractivity contribution in [2.24, 2.45) is 0 Å². The number of aromatic carboxylic acids is 1. The molecule has 6 heteroatoms. The van der Waals surface area contributed by atoms with E-state index in [0.717, 1.165) is 0 Å². The van der Waals surface area contributed by atoms with Crippen LogP contribution in [0.3, 0.4) is 0 Å². The van der Waals surface area contributed by atoms with E-state index in [1.54, 1.807) is 6.07 Å². The number of aromatic amines is 1. The second-order valence-corrected chi connectivity index (χ2v) is 3.51. The summed E-state index contributed by atoms with van der Waals surface area (Å²) in [7, 11) is 0. The molecule has 2 rings (SSSR count). The molecule has 4 nitrogen and oxygen atoms in total. The lowest BCUT2D eigenvalue weighted by Gasteiger charge is -1.97. The maximum Gasteiger partial charge on any atom is 0.353 e. The lowest BCUT2D eigenvalue weighted by molar-refractivity contribution is 0.0690. The summed E-state index contributed by atoms with van der Waals surface area (Å²) in [5, 5.41) is 14.8. The van der Waals surface area contributed by atoms with E-state index in [1.807, 2.05) is 0 Å². The topological polar surface area (TPSA) is 66.0 Å². The third kappa shape index (κ3) is 1.90. The molecule has 0 spiro atoms. The van der Waals surface area contributed by atoms with Crippen LogP contribution >= 0.6 is 11.6 Å². The van der Waals surface area contributed by atoms with Crippen LogP contribution in [0.2, 0.25) is 5.02 Å². The molecule has 82 valence electrons. The summed E-state index contributed by atoms with van der Waals surface area (Å²) in [5.41, 5.74) is 0.768. The van der Waals surface area contributed by atoms with Crippen LogP contribution in [0.4, 0.5) is 4.39 Å². The third-order valence-electron chi connectivity index (χ3n) is 2.02. The summed E-state index contributed by atoms with van der Waals surface area (Å²) in [6.45, 7) is 0. The Labute approximate surface area is 94.7 Å². The van der Waals surface area contributed by atoms with Crippen molar-refractivity contribution in [3.8, 4) is 11.3 Å². The van der Waals surface area contributed by atoms with Gasteiger partial charge in [0.25, 0.3) is 0 Å². The molecule has 0 aliphatic heterocycles. The molecule has 1 aromatic heterocycles. The second kappa shape index (κ2) is 3.94. The van der Waals surface area contributed by atoms with Gasteiger partial charge in [-0.1, -0.05) is 17.7 Å². The lowest BCUT2D eigenvalue weighted by atomic mass is 10.1. The van der Waals surface area contributed by atoms with Crippen LogP contribution in [0.15, 0.2) is 24.3 Å². The molecule has 0 aliphatic rings. The monoisotopic (exact) mass is 240 g/mol. The van der Waals surface area contributed by atoms with Gasteiger partial charge in [-0.3, -0.25) is 5.10 Å². The van der Waals surface area contributed by atoms with Crippen molar-refractivity contribution < 1.29 is 14.3 Å². The van der Waals surface area contributed by atoms with Gasteiger partial charge in [-0.25, -0.2) is 9.18 Å². The standard InChI is InChI=1S/C10H6ClFN2O2/c11-6-2-1-5(3-7(6)12)8-4-9(10(15)16)14-13-8/h1-4H,(H,13,14)(H,15,16). The third-order valence-corrected chi connectivity index (χ3v) is 2.33. The SMILES string of the molecule is O=C(O)c1cc(-c2ccc(Cl)c(F)c2)n[nH]1. The van der Waals surface area contributed by atoms with Crippen LogP contribution in [0.25, 0.3) is 11.3 Å². The molecular formula is C10H6ClFN2O2. The highest BCUT2D eigenvalue weighted by Crippen LogP contribution is 2.23. The smallest absolute Gasteiger partial charge is 0.353 e. The molecule has 1 heterocycles. The molecule has 0 fully saturated rings. The average molecular weight is 241 g/mol. The number of benzene rings is 1. The van der Waals surface area contributed by atoms with Crippen molar-refractivity contribution in [3.05, 3.63) is 40.8 Å². The zero-order valence-corrected chi connectivity index (χ0v) is 8.62.